The highest BCUT2D eigenvalue weighted by Gasteiger charge is 2.30. The Morgan fingerprint density at radius 2 is 1.62 bits per heavy atom. The zero-order valence-corrected chi connectivity index (χ0v) is 21.0. The van der Waals surface area contributed by atoms with Crippen LogP contribution in [0.5, 0.6) is 0 Å². The van der Waals surface area contributed by atoms with E-state index in [9.17, 15) is 13.2 Å². The highest BCUT2D eigenvalue weighted by molar-refractivity contribution is 7.89. The van der Waals surface area contributed by atoms with Gasteiger partial charge in [-0.2, -0.15) is 4.31 Å². The van der Waals surface area contributed by atoms with E-state index in [4.69, 9.17) is 11.6 Å². The topological polar surface area (TPSA) is 59.4 Å². The molecule has 1 aliphatic rings. The summed E-state index contributed by atoms with van der Waals surface area (Å²) in [7, 11) is -3.60. The molecule has 0 unspecified atom stereocenters. The number of piperidine rings is 1. The van der Waals surface area contributed by atoms with Gasteiger partial charge in [0.2, 0.25) is 10.0 Å². The van der Waals surface area contributed by atoms with Crippen LogP contribution in [-0.4, -0.2) is 30.4 Å². The van der Waals surface area contributed by atoms with Gasteiger partial charge in [0.1, 0.15) is 0 Å². The van der Waals surface area contributed by atoms with Crippen LogP contribution in [0.1, 0.15) is 24.0 Å². The summed E-state index contributed by atoms with van der Waals surface area (Å²) in [4.78, 5) is 12.8. The minimum Gasteiger partial charge on any atom is -0.294 e. The van der Waals surface area contributed by atoms with Crippen LogP contribution in [-0.2, 0) is 23.0 Å². The molecule has 0 aliphatic carbocycles. The Hall–Kier alpha value is -2.45. The van der Waals surface area contributed by atoms with Crippen molar-refractivity contribution in [3.05, 3.63) is 98.6 Å². The molecule has 1 saturated heterocycles. The van der Waals surface area contributed by atoms with Gasteiger partial charge in [-0.15, -0.1) is 0 Å². The molecule has 3 aromatic carbocycles. The standard InChI is InChI=1S/C26H25ClN2O3S2/c27-22-8-6-21(7-9-22)18-29-24-11-10-23(17-25(24)33-26(29)30)34(31,32)28-14-12-20(13-15-28)16-19-4-2-1-3-5-19/h1-11,17,20H,12-16,18H2. The largest absolute Gasteiger partial charge is 0.308 e. The van der Waals surface area contributed by atoms with Crippen molar-refractivity contribution >= 4 is 43.2 Å². The van der Waals surface area contributed by atoms with Crippen LogP contribution in [0.15, 0.2) is 82.5 Å². The van der Waals surface area contributed by atoms with Crippen molar-refractivity contribution in [2.75, 3.05) is 13.1 Å². The number of sulfonamides is 1. The first kappa shape index (κ1) is 23.3. The predicted molar refractivity (Wildman–Crippen MR) is 138 cm³/mol. The van der Waals surface area contributed by atoms with Crippen LogP contribution in [0, 0.1) is 5.92 Å². The number of fused-ring (bicyclic) bond motifs is 1. The fourth-order valence-electron chi connectivity index (χ4n) is 4.58. The molecule has 2 heterocycles. The summed E-state index contributed by atoms with van der Waals surface area (Å²) < 4.78 is 30.6. The molecular weight excluding hydrogens is 488 g/mol. The Balaban J connectivity index is 1.32. The Morgan fingerprint density at radius 3 is 2.32 bits per heavy atom. The first-order valence-electron chi connectivity index (χ1n) is 11.3. The summed E-state index contributed by atoms with van der Waals surface area (Å²) >= 11 is 7.04. The fourth-order valence-corrected chi connectivity index (χ4v) is 7.21. The van der Waals surface area contributed by atoms with Crippen LogP contribution in [0.4, 0.5) is 0 Å². The van der Waals surface area contributed by atoms with E-state index in [0.29, 0.717) is 35.3 Å². The van der Waals surface area contributed by atoms with Gasteiger partial charge in [0.05, 0.1) is 21.7 Å². The van der Waals surface area contributed by atoms with Crippen molar-refractivity contribution in [2.24, 2.45) is 5.92 Å². The molecule has 5 rings (SSSR count). The van der Waals surface area contributed by atoms with Gasteiger partial charge in [0, 0.05) is 18.1 Å². The van der Waals surface area contributed by atoms with Crippen LogP contribution in [0.25, 0.3) is 10.2 Å². The lowest BCUT2D eigenvalue weighted by Crippen LogP contribution is -2.38. The maximum Gasteiger partial charge on any atom is 0.308 e. The second-order valence-electron chi connectivity index (χ2n) is 8.75. The monoisotopic (exact) mass is 512 g/mol. The van der Waals surface area contributed by atoms with E-state index in [1.807, 2.05) is 30.3 Å². The quantitative estimate of drug-likeness (QED) is 0.347. The first-order chi connectivity index (χ1) is 16.4. The van der Waals surface area contributed by atoms with E-state index < -0.39 is 10.0 Å². The van der Waals surface area contributed by atoms with Gasteiger partial charge < -0.3 is 0 Å². The molecule has 0 amide bonds. The normalized spacial score (nSPS) is 15.7. The minimum absolute atomic E-state index is 0.110. The molecule has 0 bridgehead atoms. The number of rotatable bonds is 6. The lowest BCUT2D eigenvalue weighted by Gasteiger charge is -2.31. The molecule has 0 spiro atoms. The summed E-state index contributed by atoms with van der Waals surface area (Å²) in [6.07, 6.45) is 2.68. The second kappa shape index (κ2) is 9.66. The third kappa shape index (κ3) is 4.84. The molecule has 0 radical (unpaired) electrons. The third-order valence-corrected chi connectivity index (χ3v) is 9.56. The van der Waals surface area contributed by atoms with Crippen LogP contribution >= 0.6 is 22.9 Å². The fraction of sp³-hybridized carbons (Fsp3) is 0.269. The van der Waals surface area contributed by atoms with Gasteiger partial charge in [0.25, 0.3) is 0 Å². The molecule has 1 aliphatic heterocycles. The number of nitrogens with zero attached hydrogens (tertiary/aromatic N) is 2. The minimum atomic E-state index is -3.60. The average Bonchev–Trinajstić information content (AvgIpc) is 3.15. The predicted octanol–water partition coefficient (Wildman–Crippen LogP) is 5.41. The van der Waals surface area contributed by atoms with E-state index >= 15 is 0 Å². The summed E-state index contributed by atoms with van der Waals surface area (Å²) in [6, 6.07) is 22.7. The van der Waals surface area contributed by atoms with Crippen molar-refractivity contribution in [1.82, 2.24) is 8.87 Å². The summed E-state index contributed by atoms with van der Waals surface area (Å²) in [5.74, 6) is 0.489. The maximum atomic E-state index is 13.3. The van der Waals surface area contributed by atoms with E-state index in [-0.39, 0.29) is 9.77 Å². The van der Waals surface area contributed by atoms with Crippen molar-refractivity contribution in [3.8, 4) is 0 Å². The second-order valence-corrected chi connectivity index (χ2v) is 12.1. The van der Waals surface area contributed by atoms with E-state index in [2.05, 4.69) is 12.1 Å². The molecule has 5 nitrogen and oxygen atoms in total. The van der Waals surface area contributed by atoms with Gasteiger partial charge in [0.15, 0.2) is 0 Å². The van der Waals surface area contributed by atoms with Crippen molar-refractivity contribution < 1.29 is 8.42 Å². The molecule has 1 aromatic heterocycles. The molecule has 0 N–H and O–H groups in total. The number of aromatic nitrogens is 1. The molecule has 4 aromatic rings. The Bertz CT molecular complexity index is 1450. The molecule has 0 saturated carbocycles. The SMILES string of the molecule is O=c1sc2cc(S(=O)(=O)N3CCC(Cc4ccccc4)CC3)ccc2n1Cc1ccc(Cl)cc1. The maximum absolute atomic E-state index is 13.3. The lowest BCUT2D eigenvalue weighted by molar-refractivity contribution is 0.273. The molecule has 1 fully saturated rings. The van der Waals surface area contributed by atoms with Gasteiger partial charge in [-0.05, 0) is 66.6 Å². The summed E-state index contributed by atoms with van der Waals surface area (Å²) in [5.41, 5.74) is 3.00. The van der Waals surface area contributed by atoms with Gasteiger partial charge in [-0.25, -0.2) is 8.42 Å². The average molecular weight is 513 g/mol. The van der Waals surface area contributed by atoms with Crippen LogP contribution in [0.2, 0.25) is 5.02 Å². The smallest absolute Gasteiger partial charge is 0.294 e. The molecule has 34 heavy (non-hydrogen) atoms. The Kier molecular flexibility index (Phi) is 6.62. The van der Waals surface area contributed by atoms with Crippen LogP contribution in [0.3, 0.4) is 0 Å². The molecule has 176 valence electrons. The highest BCUT2D eigenvalue weighted by atomic mass is 35.5. The van der Waals surface area contributed by atoms with Gasteiger partial charge in [-0.1, -0.05) is 65.4 Å². The van der Waals surface area contributed by atoms with E-state index in [1.165, 1.54) is 5.56 Å². The lowest BCUT2D eigenvalue weighted by atomic mass is 9.91. The van der Waals surface area contributed by atoms with Crippen molar-refractivity contribution in [1.29, 1.82) is 0 Å². The molecular formula is C26H25ClN2O3S2. The van der Waals surface area contributed by atoms with E-state index in [1.54, 1.807) is 39.2 Å². The molecule has 8 heteroatoms. The van der Waals surface area contributed by atoms with Crippen LogP contribution < -0.4 is 4.87 Å². The zero-order valence-electron chi connectivity index (χ0n) is 18.6. The summed E-state index contributed by atoms with van der Waals surface area (Å²) in [5, 5.41) is 0.644. The number of hydrogen-bond donors (Lipinski definition) is 0. The van der Waals surface area contributed by atoms with Gasteiger partial charge >= 0.3 is 4.87 Å². The van der Waals surface area contributed by atoms with Crippen molar-refractivity contribution in [2.45, 2.75) is 30.7 Å². The van der Waals surface area contributed by atoms with Gasteiger partial charge in [-0.3, -0.25) is 9.36 Å². The number of thiazole rings is 1. The first-order valence-corrected chi connectivity index (χ1v) is 14.0. The molecule has 0 atom stereocenters. The van der Waals surface area contributed by atoms with E-state index in [0.717, 1.165) is 41.7 Å². The zero-order chi connectivity index (χ0) is 23.7. The highest BCUT2D eigenvalue weighted by Crippen LogP contribution is 2.29. The Labute approximate surface area is 208 Å². The number of halogens is 1. The van der Waals surface area contributed by atoms with Crippen molar-refractivity contribution in [3.63, 3.8) is 0 Å². The number of benzene rings is 3. The Morgan fingerprint density at radius 1 is 0.912 bits per heavy atom. The summed E-state index contributed by atoms with van der Waals surface area (Å²) in [6.45, 7) is 1.45. The third-order valence-electron chi connectivity index (χ3n) is 6.47. The number of hydrogen-bond acceptors (Lipinski definition) is 4.